The second-order valence-corrected chi connectivity index (χ2v) is 9.19. The minimum Gasteiger partial charge on any atom is -0.497 e. The maximum absolute atomic E-state index is 13.3. The molecule has 3 rings (SSSR count). The van der Waals surface area contributed by atoms with E-state index in [1.54, 1.807) is 55.9 Å². The lowest BCUT2D eigenvalue weighted by Crippen LogP contribution is -2.13. The van der Waals surface area contributed by atoms with Gasteiger partial charge in [-0.05, 0) is 68.8 Å². The van der Waals surface area contributed by atoms with Crippen LogP contribution in [0.15, 0.2) is 42.5 Å². The van der Waals surface area contributed by atoms with Gasteiger partial charge in [-0.1, -0.05) is 11.6 Å². The van der Waals surface area contributed by atoms with Crippen LogP contribution in [-0.2, 0) is 19.8 Å². The van der Waals surface area contributed by atoms with E-state index in [4.69, 9.17) is 25.4 Å². The van der Waals surface area contributed by atoms with E-state index in [-0.39, 0.29) is 25.3 Å². The van der Waals surface area contributed by atoms with Crippen LogP contribution in [0.2, 0.25) is 5.02 Å². The molecule has 0 atom stereocenters. The van der Waals surface area contributed by atoms with Crippen LogP contribution in [0.4, 0.5) is 0 Å². The average molecular weight is 450 g/mol. The second-order valence-electron chi connectivity index (χ2n) is 6.70. The van der Waals surface area contributed by atoms with Gasteiger partial charge in [0.15, 0.2) is 0 Å². The number of aromatic nitrogens is 1. The Morgan fingerprint density at radius 3 is 2.27 bits per heavy atom. The van der Waals surface area contributed by atoms with Crippen LogP contribution in [0.1, 0.15) is 35.5 Å². The number of carbonyl (C=O) groups excluding carboxylic acids is 1. The Labute approximate surface area is 181 Å². The van der Waals surface area contributed by atoms with Gasteiger partial charge in [0, 0.05) is 21.7 Å². The van der Waals surface area contributed by atoms with Crippen LogP contribution >= 0.6 is 19.2 Å². The topological polar surface area (TPSA) is 66.8 Å². The Kier molecular flexibility index (Phi) is 7.04. The van der Waals surface area contributed by atoms with Gasteiger partial charge in [0.25, 0.3) is 5.91 Å². The van der Waals surface area contributed by atoms with Crippen LogP contribution in [0.3, 0.4) is 0 Å². The number of hydrogen-bond donors (Lipinski definition) is 0. The van der Waals surface area contributed by atoms with Gasteiger partial charge in [-0.3, -0.25) is 13.9 Å². The second kappa shape index (κ2) is 9.36. The van der Waals surface area contributed by atoms with E-state index in [1.165, 1.54) is 0 Å². The molecule has 0 spiro atoms. The number of hydrogen-bond acceptors (Lipinski definition) is 5. The van der Waals surface area contributed by atoms with Gasteiger partial charge in [-0.2, -0.15) is 0 Å². The van der Waals surface area contributed by atoms with Crippen molar-refractivity contribution < 1.29 is 23.1 Å². The zero-order valence-corrected chi connectivity index (χ0v) is 19.1. The molecule has 0 aliphatic heterocycles. The van der Waals surface area contributed by atoms with E-state index in [0.29, 0.717) is 27.5 Å². The van der Waals surface area contributed by atoms with E-state index in [2.05, 4.69) is 0 Å². The van der Waals surface area contributed by atoms with E-state index in [1.807, 2.05) is 19.1 Å². The predicted molar refractivity (Wildman–Crippen MR) is 119 cm³/mol. The quantitative estimate of drug-likeness (QED) is 0.391. The number of nitrogens with zero attached hydrogens (tertiary/aromatic N) is 1. The molecule has 0 unspecified atom stereocenters. The highest BCUT2D eigenvalue weighted by molar-refractivity contribution is 7.53. The Morgan fingerprint density at radius 2 is 1.70 bits per heavy atom. The van der Waals surface area contributed by atoms with Crippen molar-refractivity contribution >= 4 is 36.0 Å². The van der Waals surface area contributed by atoms with Crippen LogP contribution in [0.25, 0.3) is 10.9 Å². The summed E-state index contributed by atoms with van der Waals surface area (Å²) in [6.45, 7) is 5.91. The van der Waals surface area contributed by atoms with Gasteiger partial charge in [0.2, 0.25) is 0 Å². The molecule has 0 amide bonds. The minimum atomic E-state index is -3.37. The van der Waals surface area contributed by atoms with Crippen molar-refractivity contribution in [1.82, 2.24) is 4.57 Å². The molecule has 0 aliphatic carbocycles. The molecule has 160 valence electrons. The van der Waals surface area contributed by atoms with Crippen molar-refractivity contribution in [2.45, 2.75) is 26.9 Å². The minimum absolute atomic E-state index is 0.0606. The van der Waals surface area contributed by atoms with Crippen LogP contribution in [0.5, 0.6) is 5.75 Å². The summed E-state index contributed by atoms with van der Waals surface area (Å²) in [7, 11) is -1.80. The normalized spacial score (nSPS) is 11.8. The van der Waals surface area contributed by atoms with Crippen LogP contribution in [0, 0.1) is 6.92 Å². The maximum atomic E-state index is 13.3. The predicted octanol–water partition coefficient (Wildman–Crippen LogP) is 6.07. The monoisotopic (exact) mass is 449 g/mol. The Hall–Kier alpha value is -2.11. The van der Waals surface area contributed by atoms with Gasteiger partial charge in [-0.25, -0.2) is 0 Å². The third kappa shape index (κ3) is 4.47. The number of halogens is 1. The first kappa shape index (κ1) is 22.6. The molecule has 3 aromatic rings. The molecule has 6 nitrogen and oxygen atoms in total. The summed E-state index contributed by atoms with van der Waals surface area (Å²) in [4.78, 5) is 13.3. The summed E-state index contributed by atoms with van der Waals surface area (Å²) in [6.07, 6.45) is 0.0606. The number of fused-ring (bicyclic) bond motifs is 1. The lowest BCUT2D eigenvalue weighted by molar-refractivity contribution is 0.0962. The molecule has 0 aliphatic rings. The fraction of sp³-hybridized carbons (Fsp3) is 0.318. The summed E-state index contributed by atoms with van der Waals surface area (Å²) in [6, 6.07) is 12.2. The van der Waals surface area contributed by atoms with Crippen molar-refractivity contribution in [3.05, 3.63) is 64.3 Å². The van der Waals surface area contributed by atoms with Crippen molar-refractivity contribution in [1.29, 1.82) is 0 Å². The number of carbonyl (C=O) groups is 1. The molecule has 8 heteroatoms. The van der Waals surface area contributed by atoms with Gasteiger partial charge in [0.05, 0.1) is 32.0 Å². The summed E-state index contributed by atoms with van der Waals surface area (Å²) >= 11 is 5.97. The van der Waals surface area contributed by atoms with E-state index in [0.717, 1.165) is 10.9 Å². The third-order valence-electron chi connectivity index (χ3n) is 4.84. The fourth-order valence-electron chi connectivity index (χ4n) is 3.49. The zero-order valence-electron chi connectivity index (χ0n) is 17.5. The van der Waals surface area contributed by atoms with Crippen molar-refractivity contribution in [3.8, 4) is 5.75 Å². The highest BCUT2D eigenvalue weighted by Gasteiger charge is 2.29. The maximum Gasteiger partial charge on any atom is 0.335 e. The van der Waals surface area contributed by atoms with Gasteiger partial charge < -0.3 is 13.8 Å². The SMILES string of the molecule is CCOP(=O)(Cc1c(C)n(C(=O)c2ccc(Cl)cc2)c2ccc(OC)cc12)OCC. The molecule has 0 radical (unpaired) electrons. The van der Waals surface area contributed by atoms with Crippen molar-refractivity contribution in [3.63, 3.8) is 0 Å². The molecule has 1 heterocycles. The van der Waals surface area contributed by atoms with Gasteiger partial charge in [0.1, 0.15) is 5.75 Å². The number of ether oxygens (including phenoxy) is 1. The lowest BCUT2D eigenvalue weighted by Gasteiger charge is -2.17. The Morgan fingerprint density at radius 1 is 1.07 bits per heavy atom. The van der Waals surface area contributed by atoms with Crippen molar-refractivity contribution in [2.75, 3.05) is 20.3 Å². The van der Waals surface area contributed by atoms with E-state index in [9.17, 15) is 9.36 Å². The molecule has 0 saturated heterocycles. The first-order valence-electron chi connectivity index (χ1n) is 9.69. The Balaban J connectivity index is 2.19. The molecule has 0 bridgehead atoms. The molecule has 0 saturated carbocycles. The molecule has 0 fully saturated rings. The first-order valence-corrected chi connectivity index (χ1v) is 11.8. The fourth-order valence-corrected chi connectivity index (χ4v) is 5.44. The summed E-state index contributed by atoms with van der Waals surface area (Å²) in [5.41, 5.74) is 2.61. The zero-order chi connectivity index (χ0) is 21.9. The first-order chi connectivity index (χ1) is 14.3. The van der Waals surface area contributed by atoms with Gasteiger partial charge in [-0.15, -0.1) is 0 Å². The van der Waals surface area contributed by atoms with Crippen LogP contribution in [-0.4, -0.2) is 30.8 Å². The smallest absolute Gasteiger partial charge is 0.335 e. The summed E-state index contributed by atoms with van der Waals surface area (Å²) < 4.78 is 31.2. The van der Waals surface area contributed by atoms with E-state index < -0.39 is 7.60 Å². The molecular weight excluding hydrogens is 425 g/mol. The third-order valence-corrected chi connectivity index (χ3v) is 7.10. The van der Waals surface area contributed by atoms with E-state index >= 15 is 0 Å². The number of rotatable bonds is 8. The number of methoxy groups -OCH3 is 1. The summed E-state index contributed by atoms with van der Waals surface area (Å²) in [5, 5.41) is 1.33. The molecule has 30 heavy (non-hydrogen) atoms. The van der Waals surface area contributed by atoms with Crippen LogP contribution < -0.4 is 4.74 Å². The standard InChI is InChI=1S/C22H25ClNO5P/c1-5-28-30(26,29-6-2)14-20-15(3)24(21-12-11-18(27-4)13-19(20)21)22(25)16-7-9-17(23)10-8-16/h7-13H,5-6,14H2,1-4H3. The lowest BCUT2D eigenvalue weighted by atomic mass is 10.1. The summed E-state index contributed by atoms with van der Waals surface area (Å²) in [5.74, 6) is 0.440. The van der Waals surface area contributed by atoms with Crippen molar-refractivity contribution in [2.24, 2.45) is 0 Å². The average Bonchev–Trinajstić information content (AvgIpc) is 2.99. The molecule has 0 N–H and O–H groups in total. The largest absolute Gasteiger partial charge is 0.497 e. The molecule has 1 aromatic heterocycles. The highest BCUT2D eigenvalue weighted by Crippen LogP contribution is 2.53. The molecule has 2 aromatic carbocycles. The van der Waals surface area contributed by atoms with Gasteiger partial charge >= 0.3 is 7.60 Å². The molecular formula is C22H25ClNO5P. The highest BCUT2D eigenvalue weighted by atomic mass is 35.5. The Bertz CT molecular complexity index is 1100. The number of benzene rings is 2.